The lowest BCUT2D eigenvalue weighted by Crippen LogP contribution is -2.34. The first-order valence-electron chi connectivity index (χ1n) is 12.1. The molecule has 1 aliphatic carbocycles. The number of nitrogens with zero attached hydrogens (tertiary/aromatic N) is 3. The highest BCUT2D eigenvalue weighted by Gasteiger charge is 2.43. The molecular weight excluding hydrogens is 462 g/mol. The molecule has 182 valence electrons. The lowest BCUT2D eigenvalue weighted by molar-refractivity contribution is 0.0951. The van der Waals surface area contributed by atoms with Gasteiger partial charge in [0.25, 0.3) is 5.91 Å². The summed E-state index contributed by atoms with van der Waals surface area (Å²) in [5.41, 5.74) is 2.84. The molecule has 2 fully saturated rings. The van der Waals surface area contributed by atoms with Gasteiger partial charge in [-0.25, -0.2) is 4.98 Å². The minimum Gasteiger partial charge on any atom is -0.495 e. The molecule has 1 saturated carbocycles. The highest BCUT2D eigenvalue weighted by atomic mass is 35.5. The number of aromatic nitrogens is 2. The van der Waals surface area contributed by atoms with Crippen molar-refractivity contribution in [1.29, 1.82) is 0 Å². The van der Waals surface area contributed by atoms with Gasteiger partial charge in [-0.1, -0.05) is 54.4 Å². The van der Waals surface area contributed by atoms with Gasteiger partial charge in [-0.15, -0.1) is 0 Å². The summed E-state index contributed by atoms with van der Waals surface area (Å²) >= 11 is 6.30. The summed E-state index contributed by atoms with van der Waals surface area (Å²) in [4.78, 5) is 24.7. The number of nitrogens with one attached hydrogen (secondary N) is 2. The minimum atomic E-state index is -0.215. The van der Waals surface area contributed by atoms with Crippen LogP contribution in [0.4, 0.5) is 11.8 Å². The number of methoxy groups -OCH3 is 1. The topological polar surface area (TPSA) is 79.4 Å². The maximum absolute atomic E-state index is 13.1. The molecule has 1 aromatic heterocycles. The Morgan fingerprint density at radius 3 is 2.63 bits per heavy atom. The largest absolute Gasteiger partial charge is 0.495 e. The van der Waals surface area contributed by atoms with E-state index in [4.69, 9.17) is 21.3 Å². The molecule has 1 amide bonds. The predicted molar refractivity (Wildman–Crippen MR) is 138 cm³/mol. The van der Waals surface area contributed by atoms with Crippen LogP contribution in [0.2, 0.25) is 5.02 Å². The van der Waals surface area contributed by atoms with E-state index in [1.54, 1.807) is 13.3 Å². The average molecular weight is 492 g/mol. The Bertz CT molecular complexity index is 1200. The highest BCUT2D eigenvalue weighted by Crippen LogP contribution is 2.48. The number of rotatable bonds is 8. The lowest BCUT2D eigenvalue weighted by Gasteiger charge is -2.37. The van der Waals surface area contributed by atoms with Crippen molar-refractivity contribution in [2.45, 2.75) is 38.8 Å². The molecule has 7 nitrogen and oxygen atoms in total. The predicted octanol–water partition coefficient (Wildman–Crippen LogP) is 5.06. The third-order valence-corrected chi connectivity index (χ3v) is 7.42. The number of ether oxygens (including phenoxy) is 1. The third-order valence-electron chi connectivity index (χ3n) is 7.13. The van der Waals surface area contributed by atoms with E-state index in [1.165, 1.54) is 25.7 Å². The molecule has 0 atom stereocenters. The second-order valence-electron chi connectivity index (χ2n) is 9.45. The molecule has 1 spiro atoms. The number of carbonyl (C=O) groups excluding carboxylic acids is 1. The van der Waals surface area contributed by atoms with Crippen LogP contribution in [-0.2, 0) is 13.1 Å². The molecule has 0 bridgehead atoms. The Hall–Kier alpha value is -3.32. The average Bonchev–Trinajstić information content (AvgIpc) is 3.33. The molecule has 2 N–H and O–H groups in total. The maximum atomic E-state index is 13.1. The van der Waals surface area contributed by atoms with Gasteiger partial charge in [0.1, 0.15) is 17.1 Å². The summed E-state index contributed by atoms with van der Waals surface area (Å²) in [5.74, 6) is 1.60. The van der Waals surface area contributed by atoms with E-state index >= 15 is 0 Å². The van der Waals surface area contributed by atoms with Gasteiger partial charge in [0, 0.05) is 32.4 Å². The molecule has 35 heavy (non-hydrogen) atoms. The lowest BCUT2D eigenvalue weighted by atomic mass is 9.68. The Morgan fingerprint density at radius 1 is 1.11 bits per heavy atom. The van der Waals surface area contributed by atoms with Gasteiger partial charge in [0.15, 0.2) is 0 Å². The van der Waals surface area contributed by atoms with E-state index < -0.39 is 0 Å². The van der Waals surface area contributed by atoms with Crippen molar-refractivity contribution >= 4 is 29.3 Å². The van der Waals surface area contributed by atoms with Crippen LogP contribution in [0.25, 0.3) is 0 Å². The van der Waals surface area contributed by atoms with Crippen molar-refractivity contribution in [3.05, 3.63) is 76.4 Å². The molecule has 2 aliphatic rings. The Balaban J connectivity index is 1.35. The molecule has 1 saturated heterocycles. The van der Waals surface area contributed by atoms with E-state index in [0.717, 1.165) is 24.2 Å². The van der Waals surface area contributed by atoms with Crippen LogP contribution in [0.1, 0.15) is 47.2 Å². The van der Waals surface area contributed by atoms with Crippen LogP contribution in [0.5, 0.6) is 5.75 Å². The van der Waals surface area contributed by atoms with Gasteiger partial charge >= 0.3 is 0 Å². The molecular formula is C27H30ClN5O2. The first-order chi connectivity index (χ1) is 17.0. The minimum absolute atomic E-state index is 0.215. The fourth-order valence-electron chi connectivity index (χ4n) is 4.90. The molecule has 2 aromatic carbocycles. The number of benzene rings is 2. The number of amides is 1. The maximum Gasteiger partial charge on any atom is 0.256 e. The second-order valence-corrected chi connectivity index (χ2v) is 9.86. The Kier molecular flexibility index (Phi) is 6.77. The van der Waals surface area contributed by atoms with Crippen molar-refractivity contribution in [3.8, 4) is 5.75 Å². The summed E-state index contributed by atoms with van der Waals surface area (Å²) in [6.07, 6.45) is 6.70. The zero-order chi connectivity index (χ0) is 24.3. The SMILES string of the molecule is COc1ccc(CNc2nc(N3CCC4(CCC4)C3)ncc2C(=O)NCc2ccccc2)cc1Cl. The van der Waals surface area contributed by atoms with Crippen LogP contribution in [0.15, 0.2) is 54.7 Å². The van der Waals surface area contributed by atoms with Gasteiger partial charge in [0.05, 0.1) is 12.1 Å². The summed E-state index contributed by atoms with van der Waals surface area (Å²) in [6.45, 7) is 2.83. The summed E-state index contributed by atoms with van der Waals surface area (Å²) < 4.78 is 5.25. The van der Waals surface area contributed by atoms with Crippen molar-refractivity contribution in [2.75, 3.05) is 30.4 Å². The zero-order valence-electron chi connectivity index (χ0n) is 19.9. The van der Waals surface area contributed by atoms with Gasteiger partial charge < -0.3 is 20.3 Å². The fourth-order valence-corrected chi connectivity index (χ4v) is 5.18. The molecule has 1 aliphatic heterocycles. The molecule has 5 rings (SSSR count). The van der Waals surface area contributed by atoms with E-state index in [0.29, 0.717) is 46.6 Å². The number of carbonyl (C=O) groups is 1. The van der Waals surface area contributed by atoms with Crippen molar-refractivity contribution in [2.24, 2.45) is 5.41 Å². The first kappa shape index (κ1) is 23.4. The van der Waals surface area contributed by atoms with Crippen LogP contribution >= 0.6 is 11.6 Å². The molecule has 3 aromatic rings. The van der Waals surface area contributed by atoms with E-state index in [9.17, 15) is 4.79 Å². The standard InChI is InChI=1S/C27H30ClN5O2/c1-35-23-9-8-20(14-22(23)28)16-29-24-21(25(34)30-15-19-6-3-2-4-7-19)17-31-26(32-24)33-13-12-27(18-33)10-5-11-27/h2-4,6-9,14,17H,5,10-13,15-16,18H2,1H3,(H,30,34)(H,29,31,32). The zero-order valence-corrected chi connectivity index (χ0v) is 20.6. The van der Waals surface area contributed by atoms with Crippen molar-refractivity contribution < 1.29 is 9.53 Å². The number of hydrogen-bond acceptors (Lipinski definition) is 6. The number of anilines is 2. The molecule has 0 unspecified atom stereocenters. The summed E-state index contributed by atoms with van der Waals surface area (Å²) in [6, 6.07) is 15.5. The van der Waals surface area contributed by atoms with E-state index in [1.807, 2.05) is 48.5 Å². The quantitative estimate of drug-likeness (QED) is 0.458. The van der Waals surface area contributed by atoms with Gasteiger partial charge in [0.2, 0.25) is 5.95 Å². The molecule has 8 heteroatoms. The molecule has 2 heterocycles. The van der Waals surface area contributed by atoms with Crippen molar-refractivity contribution in [3.63, 3.8) is 0 Å². The monoisotopic (exact) mass is 491 g/mol. The third kappa shape index (κ3) is 5.20. The van der Waals surface area contributed by atoms with Gasteiger partial charge in [-0.3, -0.25) is 4.79 Å². The first-order valence-corrected chi connectivity index (χ1v) is 12.4. The van der Waals surface area contributed by atoms with Crippen LogP contribution < -0.4 is 20.3 Å². The number of hydrogen-bond donors (Lipinski definition) is 2. The van der Waals surface area contributed by atoms with E-state index in [-0.39, 0.29) is 5.91 Å². The van der Waals surface area contributed by atoms with Gasteiger partial charge in [-0.05, 0) is 47.9 Å². The normalized spacial score (nSPS) is 16.1. The van der Waals surface area contributed by atoms with Crippen LogP contribution in [0, 0.1) is 5.41 Å². The van der Waals surface area contributed by atoms with Crippen LogP contribution in [-0.4, -0.2) is 36.1 Å². The second kappa shape index (κ2) is 10.1. The Morgan fingerprint density at radius 2 is 1.94 bits per heavy atom. The summed E-state index contributed by atoms with van der Waals surface area (Å²) in [5, 5.41) is 6.88. The molecule has 0 radical (unpaired) electrons. The van der Waals surface area contributed by atoms with Gasteiger partial charge in [-0.2, -0.15) is 4.98 Å². The Labute approximate surface area is 210 Å². The number of halogens is 1. The highest BCUT2D eigenvalue weighted by molar-refractivity contribution is 6.32. The van der Waals surface area contributed by atoms with Crippen molar-refractivity contribution in [1.82, 2.24) is 15.3 Å². The smallest absolute Gasteiger partial charge is 0.256 e. The van der Waals surface area contributed by atoms with E-state index in [2.05, 4.69) is 20.5 Å². The van der Waals surface area contributed by atoms with Crippen LogP contribution in [0.3, 0.4) is 0 Å². The fraction of sp³-hybridized carbons (Fsp3) is 0.370. The summed E-state index contributed by atoms with van der Waals surface area (Å²) in [7, 11) is 1.59.